The molecule has 3 heteroatoms. The molecular formula is C6H15NO2. The highest BCUT2D eigenvalue weighted by atomic mass is 16.3. The van der Waals surface area contributed by atoms with Crippen molar-refractivity contribution in [2.45, 2.75) is 31.9 Å². The molecule has 0 rings (SSSR count). The Labute approximate surface area is 55.5 Å². The average Bonchev–Trinajstić information content (AvgIpc) is 1.87. The molecule has 0 radical (unpaired) electrons. The molecular weight excluding hydrogens is 118 g/mol. The van der Waals surface area contributed by atoms with E-state index in [4.69, 9.17) is 15.9 Å². The molecule has 0 saturated heterocycles. The van der Waals surface area contributed by atoms with Gasteiger partial charge in [0.15, 0.2) is 0 Å². The zero-order valence-electron chi connectivity index (χ0n) is 5.75. The summed E-state index contributed by atoms with van der Waals surface area (Å²) in [6.07, 6.45) is 0.593. The van der Waals surface area contributed by atoms with Crippen molar-refractivity contribution in [3.8, 4) is 0 Å². The summed E-state index contributed by atoms with van der Waals surface area (Å²) in [6.45, 7) is 1.92. The summed E-state index contributed by atoms with van der Waals surface area (Å²) in [4.78, 5) is 0. The molecule has 2 unspecified atom stereocenters. The van der Waals surface area contributed by atoms with E-state index < -0.39 is 6.10 Å². The lowest BCUT2D eigenvalue weighted by atomic mass is 10.1. The van der Waals surface area contributed by atoms with Crippen molar-refractivity contribution in [3.63, 3.8) is 0 Å². The Hall–Kier alpha value is -0.120. The largest absolute Gasteiger partial charge is 0.396 e. The molecule has 0 aromatic carbocycles. The van der Waals surface area contributed by atoms with Gasteiger partial charge in [-0.05, 0) is 12.8 Å². The van der Waals surface area contributed by atoms with E-state index in [0.717, 1.165) is 6.42 Å². The Bertz CT molecular complexity index is 68.1. The lowest BCUT2D eigenvalue weighted by Gasteiger charge is -2.14. The van der Waals surface area contributed by atoms with Crippen molar-refractivity contribution >= 4 is 0 Å². The van der Waals surface area contributed by atoms with Gasteiger partial charge in [-0.3, -0.25) is 0 Å². The van der Waals surface area contributed by atoms with E-state index in [1.807, 2.05) is 6.92 Å². The third kappa shape index (κ3) is 3.46. The molecule has 0 heterocycles. The lowest BCUT2D eigenvalue weighted by Crippen LogP contribution is -2.34. The summed E-state index contributed by atoms with van der Waals surface area (Å²) in [5.41, 5.74) is 5.44. The van der Waals surface area contributed by atoms with Crippen LogP contribution in [0.2, 0.25) is 0 Å². The van der Waals surface area contributed by atoms with Crippen molar-refractivity contribution in [2.75, 3.05) is 6.61 Å². The van der Waals surface area contributed by atoms with E-state index >= 15 is 0 Å². The van der Waals surface area contributed by atoms with Gasteiger partial charge in [0, 0.05) is 12.6 Å². The van der Waals surface area contributed by atoms with Crippen LogP contribution in [0.25, 0.3) is 0 Å². The predicted octanol–water partition coefficient (Wildman–Crippen LogP) is -0.533. The molecule has 0 aliphatic heterocycles. The molecule has 0 aliphatic carbocycles. The molecule has 0 bridgehead atoms. The van der Waals surface area contributed by atoms with E-state index in [2.05, 4.69) is 0 Å². The molecule has 0 aromatic rings. The van der Waals surface area contributed by atoms with Crippen LogP contribution in [-0.4, -0.2) is 29.0 Å². The number of aliphatic hydroxyl groups excluding tert-OH is 2. The second-order valence-electron chi connectivity index (χ2n) is 2.15. The number of hydrogen-bond acceptors (Lipinski definition) is 3. The van der Waals surface area contributed by atoms with Crippen LogP contribution in [0.5, 0.6) is 0 Å². The smallest absolute Gasteiger partial charge is 0.0712 e. The van der Waals surface area contributed by atoms with Crippen LogP contribution >= 0.6 is 0 Å². The highest BCUT2D eigenvalue weighted by Gasteiger charge is 2.10. The van der Waals surface area contributed by atoms with Crippen LogP contribution in [0.4, 0.5) is 0 Å². The van der Waals surface area contributed by atoms with Gasteiger partial charge >= 0.3 is 0 Å². The minimum absolute atomic E-state index is 0.00880. The molecule has 0 fully saturated rings. The fourth-order valence-electron chi connectivity index (χ4n) is 0.618. The first-order chi connectivity index (χ1) is 4.22. The quantitative estimate of drug-likeness (QED) is 0.483. The van der Waals surface area contributed by atoms with Gasteiger partial charge in [-0.2, -0.15) is 0 Å². The van der Waals surface area contributed by atoms with Crippen molar-refractivity contribution in [3.05, 3.63) is 0 Å². The SMILES string of the molecule is CCC(N)C(O)CCO. The minimum atomic E-state index is -0.542. The minimum Gasteiger partial charge on any atom is -0.396 e. The van der Waals surface area contributed by atoms with Gasteiger partial charge in [0.2, 0.25) is 0 Å². The molecule has 0 amide bonds. The van der Waals surface area contributed by atoms with Crippen LogP contribution < -0.4 is 5.73 Å². The molecule has 2 atom stereocenters. The zero-order chi connectivity index (χ0) is 7.28. The fraction of sp³-hybridized carbons (Fsp3) is 1.00. The zero-order valence-corrected chi connectivity index (χ0v) is 5.75. The van der Waals surface area contributed by atoms with Crippen molar-refractivity contribution in [2.24, 2.45) is 5.73 Å². The van der Waals surface area contributed by atoms with Crippen LogP contribution in [0.3, 0.4) is 0 Å². The number of aliphatic hydroxyl groups is 2. The lowest BCUT2D eigenvalue weighted by molar-refractivity contribution is 0.108. The van der Waals surface area contributed by atoms with E-state index in [9.17, 15) is 0 Å². The van der Waals surface area contributed by atoms with Gasteiger partial charge in [-0.1, -0.05) is 6.92 Å². The third-order valence-corrected chi connectivity index (χ3v) is 1.39. The monoisotopic (exact) mass is 133 g/mol. The third-order valence-electron chi connectivity index (χ3n) is 1.39. The van der Waals surface area contributed by atoms with Crippen LogP contribution in [0, 0.1) is 0 Å². The van der Waals surface area contributed by atoms with Crippen molar-refractivity contribution in [1.29, 1.82) is 0 Å². The molecule has 0 aliphatic rings. The topological polar surface area (TPSA) is 66.5 Å². The normalized spacial score (nSPS) is 17.3. The molecule has 3 nitrogen and oxygen atoms in total. The molecule has 9 heavy (non-hydrogen) atoms. The summed E-state index contributed by atoms with van der Waals surface area (Å²) in [6, 6.07) is -0.183. The first kappa shape index (κ1) is 8.88. The first-order valence-corrected chi connectivity index (χ1v) is 3.26. The maximum Gasteiger partial charge on any atom is 0.0712 e. The van der Waals surface area contributed by atoms with Gasteiger partial charge < -0.3 is 15.9 Å². The molecule has 0 saturated carbocycles. The van der Waals surface area contributed by atoms with Crippen LogP contribution in [0.15, 0.2) is 0 Å². The van der Waals surface area contributed by atoms with Crippen LogP contribution in [0.1, 0.15) is 19.8 Å². The Kier molecular flexibility index (Phi) is 4.67. The van der Waals surface area contributed by atoms with E-state index in [1.165, 1.54) is 0 Å². The first-order valence-electron chi connectivity index (χ1n) is 3.26. The Morgan fingerprint density at radius 1 is 1.56 bits per heavy atom. The number of rotatable bonds is 4. The standard InChI is InChI=1S/C6H15NO2/c1-2-5(7)6(9)3-4-8/h5-6,8-9H,2-4,7H2,1H3. The Morgan fingerprint density at radius 3 is 2.44 bits per heavy atom. The Morgan fingerprint density at radius 2 is 2.11 bits per heavy atom. The maximum absolute atomic E-state index is 9.03. The van der Waals surface area contributed by atoms with E-state index in [-0.39, 0.29) is 12.6 Å². The van der Waals surface area contributed by atoms with Gasteiger partial charge in [-0.15, -0.1) is 0 Å². The second kappa shape index (κ2) is 4.73. The average molecular weight is 133 g/mol. The molecule has 0 spiro atoms. The predicted molar refractivity (Wildman–Crippen MR) is 36.0 cm³/mol. The van der Waals surface area contributed by atoms with E-state index in [1.54, 1.807) is 0 Å². The fourth-order valence-corrected chi connectivity index (χ4v) is 0.618. The Balaban J connectivity index is 3.32. The van der Waals surface area contributed by atoms with E-state index in [0.29, 0.717) is 6.42 Å². The molecule has 0 aromatic heterocycles. The molecule has 56 valence electrons. The highest BCUT2D eigenvalue weighted by Crippen LogP contribution is 1.98. The van der Waals surface area contributed by atoms with Gasteiger partial charge in [0.25, 0.3) is 0 Å². The van der Waals surface area contributed by atoms with Gasteiger partial charge in [0.1, 0.15) is 0 Å². The summed E-state index contributed by atoms with van der Waals surface area (Å²) < 4.78 is 0. The summed E-state index contributed by atoms with van der Waals surface area (Å²) in [5, 5.41) is 17.4. The van der Waals surface area contributed by atoms with Crippen molar-refractivity contribution < 1.29 is 10.2 Å². The second-order valence-corrected chi connectivity index (χ2v) is 2.15. The summed E-state index contributed by atoms with van der Waals surface area (Å²) >= 11 is 0. The highest BCUT2D eigenvalue weighted by molar-refractivity contribution is 4.68. The summed E-state index contributed by atoms with van der Waals surface area (Å²) in [5.74, 6) is 0. The number of nitrogens with two attached hydrogens (primary N) is 1. The van der Waals surface area contributed by atoms with Gasteiger partial charge in [0.05, 0.1) is 6.10 Å². The van der Waals surface area contributed by atoms with Gasteiger partial charge in [-0.25, -0.2) is 0 Å². The van der Waals surface area contributed by atoms with Crippen molar-refractivity contribution in [1.82, 2.24) is 0 Å². The number of hydrogen-bond donors (Lipinski definition) is 3. The summed E-state index contributed by atoms with van der Waals surface area (Å²) in [7, 11) is 0. The molecule has 4 N–H and O–H groups in total. The van der Waals surface area contributed by atoms with Crippen LogP contribution in [-0.2, 0) is 0 Å². The maximum atomic E-state index is 9.03.